The normalized spacial score (nSPS) is 9.95. The van der Waals surface area contributed by atoms with Gasteiger partial charge in [0.2, 0.25) is 0 Å². The van der Waals surface area contributed by atoms with Crippen molar-refractivity contribution in [3.63, 3.8) is 0 Å². The monoisotopic (exact) mass is 264 g/mol. The second kappa shape index (κ2) is 8.13. The molecule has 0 aromatic heterocycles. The van der Waals surface area contributed by atoms with Gasteiger partial charge >= 0.3 is 0 Å². The number of rotatable bonds is 8. The zero-order chi connectivity index (χ0) is 14.1. The van der Waals surface area contributed by atoms with Crippen molar-refractivity contribution in [2.75, 3.05) is 13.2 Å². The number of benzene rings is 1. The molecular weight excluding hydrogens is 246 g/mol. The molecule has 1 N–H and O–H groups in total. The number of unbranched alkanes of at least 4 members (excludes halogenated alkanes) is 2. The van der Waals surface area contributed by atoms with Crippen molar-refractivity contribution in [1.82, 2.24) is 5.32 Å². The Morgan fingerprint density at radius 1 is 1.21 bits per heavy atom. The Morgan fingerprint density at radius 2 is 1.89 bits per heavy atom. The molecule has 0 saturated heterocycles. The number of carboxylic acids is 1. The Balaban J connectivity index is 2.42. The second-order valence-corrected chi connectivity index (χ2v) is 4.13. The van der Waals surface area contributed by atoms with Gasteiger partial charge in [-0.05, 0) is 30.7 Å². The number of hydrogen-bond donors (Lipinski definition) is 1. The number of hydrogen-bond acceptors (Lipinski definition) is 4. The number of carbonyl (C=O) groups is 2. The molecule has 1 amide bonds. The molecule has 0 aliphatic rings. The third-order valence-corrected chi connectivity index (χ3v) is 2.53. The van der Waals surface area contributed by atoms with Gasteiger partial charge < -0.3 is 20.0 Å². The minimum absolute atomic E-state index is 0.391. The van der Waals surface area contributed by atoms with Crippen LogP contribution in [0.15, 0.2) is 24.3 Å². The topological polar surface area (TPSA) is 78.5 Å². The lowest BCUT2D eigenvalue weighted by molar-refractivity contribution is -0.303. The van der Waals surface area contributed by atoms with E-state index in [0.29, 0.717) is 17.9 Å². The first kappa shape index (κ1) is 15.0. The zero-order valence-corrected chi connectivity index (χ0v) is 11.0. The molecule has 0 atom stereocenters. The third kappa shape index (κ3) is 5.90. The summed E-state index contributed by atoms with van der Waals surface area (Å²) in [7, 11) is 0. The molecule has 0 aliphatic heterocycles. The van der Waals surface area contributed by atoms with Crippen molar-refractivity contribution in [1.29, 1.82) is 0 Å². The van der Waals surface area contributed by atoms with Crippen LogP contribution in [0, 0.1) is 0 Å². The van der Waals surface area contributed by atoms with Crippen LogP contribution >= 0.6 is 0 Å². The van der Waals surface area contributed by atoms with E-state index < -0.39 is 18.4 Å². The molecule has 0 unspecified atom stereocenters. The van der Waals surface area contributed by atoms with Crippen molar-refractivity contribution in [3.8, 4) is 5.75 Å². The zero-order valence-electron chi connectivity index (χ0n) is 11.0. The largest absolute Gasteiger partial charge is 0.548 e. The predicted octanol–water partition coefficient (Wildman–Crippen LogP) is 0.735. The van der Waals surface area contributed by atoms with Crippen LogP contribution in [0.5, 0.6) is 5.75 Å². The van der Waals surface area contributed by atoms with Gasteiger partial charge in [0.15, 0.2) is 0 Å². The fourth-order valence-electron chi connectivity index (χ4n) is 1.50. The van der Waals surface area contributed by atoms with Crippen molar-refractivity contribution in [2.45, 2.75) is 26.2 Å². The summed E-state index contributed by atoms with van der Waals surface area (Å²) in [5.74, 6) is -1.06. The fourth-order valence-corrected chi connectivity index (χ4v) is 1.50. The highest BCUT2D eigenvalue weighted by Crippen LogP contribution is 2.12. The minimum atomic E-state index is -1.32. The van der Waals surface area contributed by atoms with Gasteiger partial charge in [-0.15, -0.1) is 0 Å². The summed E-state index contributed by atoms with van der Waals surface area (Å²) in [4.78, 5) is 21.7. The summed E-state index contributed by atoms with van der Waals surface area (Å²) in [6.45, 7) is 2.29. The van der Waals surface area contributed by atoms with E-state index in [9.17, 15) is 14.7 Å². The summed E-state index contributed by atoms with van der Waals surface area (Å²) in [6, 6.07) is 6.58. The van der Waals surface area contributed by atoms with Crippen LogP contribution in [-0.2, 0) is 4.79 Å². The minimum Gasteiger partial charge on any atom is -0.548 e. The number of ether oxygens (including phenoxy) is 1. The van der Waals surface area contributed by atoms with Crippen LogP contribution in [-0.4, -0.2) is 25.0 Å². The van der Waals surface area contributed by atoms with Gasteiger partial charge in [0, 0.05) is 5.56 Å². The highest BCUT2D eigenvalue weighted by Gasteiger charge is 2.04. The molecule has 0 spiro atoms. The Kier molecular flexibility index (Phi) is 6.43. The smallest absolute Gasteiger partial charge is 0.251 e. The van der Waals surface area contributed by atoms with Gasteiger partial charge in [-0.25, -0.2) is 0 Å². The van der Waals surface area contributed by atoms with Crippen LogP contribution < -0.4 is 15.2 Å². The molecule has 0 radical (unpaired) electrons. The van der Waals surface area contributed by atoms with Crippen LogP contribution in [0.25, 0.3) is 0 Å². The molecule has 0 saturated carbocycles. The van der Waals surface area contributed by atoms with E-state index in [2.05, 4.69) is 12.2 Å². The predicted molar refractivity (Wildman–Crippen MR) is 68.8 cm³/mol. The molecule has 0 bridgehead atoms. The van der Waals surface area contributed by atoms with Gasteiger partial charge in [-0.1, -0.05) is 19.8 Å². The summed E-state index contributed by atoms with van der Waals surface area (Å²) in [5.41, 5.74) is 0.391. The van der Waals surface area contributed by atoms with E-state index in [0.717, 1.165) is 19.3 Å². The van der Waals surface area contributed by atoms with Gasteiger partial charge in [0.1, 0.15) is 5.75 Å². The maximum absolute atomic E-state index is 11.5. The first-order valence-electron chi connectivity index (χ1n) is 6.34. The average molecular weight is 264 g/mol. The standard InChI is InChI=1S/C14H19NO4/c1-2-3-4-9-19-12-7-5-11(6-8-12)14(18)15-10-13(16)17/h5-8H,2-4,9-10H2,1H3,(H,15,18)(H,16,17)/p-1. The molecule has 1 rings (SSSR count). The van der Waals surface area contributed by atoms with E-state index in [1.54, 1.807) is 24.3 Å². The van der Waals surface area contributed by atoms with Crippen LogP contribution in [0.1, 0.15) is 36.5 Å². The summed E-state index contributed by atoms with van der Waals surface area (Å²) in [6.07, 6.45) is 3.27. The van der Waals surface area contributed by atoms with Gasteiger partial charge in [0.05, 0.1) is 19.1 Å². The Hall–Kier alpha value is -2.04. The molecule has 5 nitrogen and oxygen atoms in total. The molecule has 104 valence electrons. The Bertz CT molecular complexity index is 414. The lowest BCUT2D eigenvalue weighted by Crippen LogP contribution is -2.37. The summed E-state index contributed by atoms with van der Waals surface area (Å²) < 4.78 is 5.51. The first-order valence-corrected chi connectivity index (χ1v) is 6.34. The third-order valence-electron chi connectivity index (χ3n) is 2.53. The maximum Gasteiger partial charge on any atom is 0.251 e. The van der Waals surface area contributed by atoms with Gasteiger partial charge in [-0.2, -0.15) is 0 Å². The average Bonchev–Trinajstić information content (AvgIpc) is 2.41. The van der Waals surface area contributed by atoms with Crippen molar-refractivity contribution < 1.29 is 19.4 Å². The lowest BCUT2D eigenvalue weighted by atomic mass is 10.2. The molecule has 0 heterocycles. The second-order valence-electron chi connectivity index (χ2n) is 4.13. The van der Waals surface area contributed by atoms with Crippen LogP contribution in [0.3, 0.4) is 0 Å². The SMILES string of the molecule is CCCCCOc1ccc(C(=O)NCC(=O)[O-])cc1. The molecule has 0 aliphatic carbocycles. The summed E-state index contributed by atoms with van der Waals surface area (Å²) in [5, 5.41) is 12.5. The number of carboxylic acid groups (broad SMARTS) is 1. The highest BCUT2D eigenvalue weighted by molar-refractivity contribution is 5.95. The van der Waals surface area contributed by atoms with Crippen molar-refractivity contribution in [2.24, 2.45) is 0 Å². The molecule has 0 fully saturated rings. The van der Waals surface area contributed by atoms with Crippen molar-refractivity contribution in [3.05, 3.63) is 29.8 Å². The molecular formula is C14H18NO4-. The van der Waals surface area contributed by atoms with E-state index in [-0.39, 0.29) is 0 Å². The van der Waals surface area contributed by atoms with Gasteiger partial charge in [-0.3, -0.25) is 4.79 Å². The van der Waals surface area contributed by atoms with Gasteiger partial charge in [0.25, 0.3) is 5.91 Å². The Labute approximate surface area is 112 Å². The quantitative estimate of drug-likeness (QED) is 0.702. The van der Waals surface area contributed by atoms with E-state index in [1.807, 2.05) is 0 Å². The van der Waals surface area contributed by atoms with E-state index >= 15 is 0 Å². The number of carbonyl (C=O) groups excluding carboxylic acids is 2. The van der Waals surface area contributed by atoms with E-state index in [4.69, 9.17) is 4.74 Å². The van der Waals surface area contributed by atoms with Crippen molar-refractivity contribution >= 4 is 11.9 Å². The first-order chi connectivity index (χ1) is 9.13. The summed E-state index contributed by atoms with van der Waals surface area (Å²) >= 11 is 0. The molecule has 1 aromatic carbocycles. The molecule has 1 aromatic rings. The van der Waals surface area contributed by atoms with Crippen LogP contribution in [0.4, 0.5) is 0 Å². The molecule has 19 heavy (non-hydrogen) atoms. The fraction of sp³-hybridized carbons (Fsp3) is 0.429. The number of nitrogens with one attached hydrogen (secondary N) is 1. The van der Waals surface area contributed by atoms with Crippen LogP contribution in [0.2, 0.25) is 0 Å². The number of aliphatic carboxylic acids is 1. The van der Waals surface area contributed by atoms with E-state index in [1.165, 1.54) is 0 Å². The maximum atomic E-state index is 11.5. The Morgan fingerprint density at radius 3 is 2.47 bits per heavy atom. The highest BCUT2D eigenvalue weighted by atomic mass is 16.5. The lowest BCUT2D eigenvalue weighted by Gasteiger charge is -2.08. The molecule has 5 heteroatoms. The number of amides is 1.